The summed E-state index contributed by atoms with van der Waals surface area (Å²) in [7, 11) is 0. The molecule has 1 saturated heterocycles. The molecule has 1 unspecified atom stereocenters. The second-order valence-corrected chi connectivity index (χ2v) is 5.98. The van der Waals surface area contributed by atoms with Gasteiger partial charge in [-0.05, 0) is 29.8 Å². The van der Waals surface area contributed by atoms with Crippen molar-refractivity contribution in [1.82, 2.24) is 10.3 Å². The van der Waals surface area contributed by atoms with Gasteiger partial charge in [-0.2, -0.15) is 5.10 Å². The molecule has 2 aromatic rings. The minimum atomic E-state index is -0.413. The third kappa shape index (κ3) is 4.02. The molecule has 1 N–H and O–H groups in total. The molecule has 2 amide bonds. The molecule has 1 aromatic heterocycles. The largest absolute Gasteiger partial charge is 0.467 e. The highest BCUT2D eigenvalue weighted by molar-refractivity contribution is 6.30. The summed E-state index contributed by atoms with van der Waals surface area (Å²) >= 11 is 5.88. The van der Waals surface area contributed by atoms with Gasteiger partial charge in [-0.25, -0.2) is 5.43 Å². The van der Waals surface area contributed by atoms with Gasteiger partial charge in [0.15, 0.2) is 0 Å². The maximum atomic E-state index is 12.1. The maximum absolute atomic E-state index is 12.1. The average Bonchev–Trinajstić information content (AvgIpc) is 3.18. The summed E-state index contributed by atoms with van der Waals surface area (Å²) in [6, 6.07) is 10.7. The van der Waals surface area contributed by atoms with Crippen molar-refractivity contribution in [3.8, 4) is 0 Å². The Hall–Kier alpha value is -2.60. The van der Waals surface area contributed by atoms with Gasteiger partial charge in [0.25, 0.3) is 0 Å². The Kier molecular flexibility index (Phi) is 4.96. The Morgan fingerprint density at radius 3 is 3.04 bits per heavy atom. The molecule has 0 spiro atoms. The summed E-state index contributed by atoms with van der Waals surface area (Å²) in [5.41, 5.74) is 3.26. The molecule has 1 aliphatic heterocycles. The van der Waals surface area contributed by atoms with E-state index in [4.69, 9.17) is 16.0 Å². The van der Waals surface area contributed by atoms with E-state index in [1.807, 2.05) is 6.07 Å². The molecule has 1 aliphatic rings. The van der Waals surface area contributed by atoms with Crippen molar-refractivity contribution < 1.29 is 14.0 Å². The molecule has 0 aliphatic carbocycles. The molecule has 124 valence electrons. The van der Waals surface area contributed by atoms with Gasteiger partial charge < -0.3 is 9.32 Å². The Labute approximate surface area is 144 Å². The van der Waals surface area contributed by atoms with E-state index in [9.17, 15) is 9.59 Å². The molecule has 0 radical (unpaired) electrons. The number of furan rings is 1. The quantitative estimate of drug-likeness (QED) is 0.668. The zero-order chi connectivity index (χ0) is 16.9. The second-order valence-electron chi connectivity index (χ2n) is 5.54. The molecule has 0 bridgehead atoms. The molecular formula is C17H16ClN3O3. The number of carbonyl (C=O) groups excluding carboxylic acids is 2. The van der Waals surface area contributed by atoms with Gasteiger partial charge in [0, 0.05) is 18.0 Å². The first-order chi connectivity index (χ1) is 11.6. The van der Waals surface area contributed by atoms with Crippen molar-refractivity contribution in [2.24, 2.45) is 11.0 Å². The standard InChI is InChI=1S/C17H16ClN3O3/c18-14-4-1-3-12(7-14)9-19-20-17(23)13-8-16(22)21(10-13)11-15-5-2-6-24-15/h1-7,9,13H,8,10-11H2,(H,20,23)/b19-9+. The number of carbonyl (C=O) groups is 2. The number of hydrogen-bond acceptors (Lipinski definition) is 4. The molecule has 3 rings (SSSR count). The SMILES string of the molecule is O=C(N/N=C/c1cccc(Cl)c1)C1CC(=O)N(Cc2ccco2)C1. The van der Waals surface area contributed by atoms with Gasteiger partial charge in [-0.1, -0.05) is 23.7 Å². The van der Waals surface area contributed by atoms with Gasteiger partial charge >= 0.3 is 0 Å². The Balaban J connectivity index is 1.53. The lowest BCUT2D eigenvalue weighted by Crippen LogP contribution is -2.30. The number of nitrogens with zero attached hydrogens (tertiary/aromatic N) is 2. The fourth-order valence-corrected chi connectivity index (χ4v) is 2.74. The predicted octanol–water partition coefficient (Wildman–Crippen LogP) is 2.43. The number of hydrogen-bond donors (Lipinski definition) is 1. The van der Waals surface area contributed by atoms with Gasteiger partial charge in [-0.15, -0.1) is 0 Å². The molecule has 1 atom stereocenters. The number of rotatable bonds is 5. The van der Waals surface area contributed by atoms with E-state index < -0.39 is 5.92 Å². The second kappa shape index (κ2) is 7.31. The first kappa shape index (κ1) is 16.3. The molecule has 6 nitrogen and oxygen atoms in total. The van der Waals surface area contributed by atoms with Crippen LogP contribution < -0.4 is 5.43 Å². The number of amides is 2. The van der Waals surface area contributed by atoms with Crippen LogP contribution in [0.1, 0.15) is 17.7 Å². The zero-order valence-corrected chi connectivity index (χ0v) is 13.6. The van der Waals surface area contributed by atoms with Crippen LogP contribution in [-0.4, -0.2) is 29.5 Å². The topological polar surface area (TPSA) is 74.9 Å². The summed E-state index contributed by atoms with van der Waals surface area (Å²) in [6.07, 6.45) is 3.25. The van der Waals surface area contributed by atoms with E-state index in [1.165, 1.54) is 6.21 Å². The maximum Gasteiger partial charge on any atom is 0.245 e. The molecule has 1 aromatic carbocycles. The van der Waals surface area contributed by atoms with Gasteiger partial charge in [0.2, 0.25) is 11.8 Å². The monoisotopic (exact) mass is 345 g/mol. The van der Waals surface area contributed by atoms with Crippen LogP contribution in [0.3, 0.4) is 0 Å². The lowest BCUT2D eigenvalue weighted by Gasteiger charge is -2.14. The van der Waals surface area contributed by atoms with Crippen molar-refractivity contribution in [3.63, 3.8) is 0 Å². The van der Waals surface area contributed by atoms with Crippen LogP contribution in [0.4, 0.5) is 0 Å². The molecule has 0 saturated carbocycles. The van der Waals surface area contributed by atoms with Gasteiger partial charge in [0.1, 0.15) is 5.76 Å². The number of likely N-dealkylation sites (tertiary alicyclic amines) is 1. The fraction of sp³-hybridized carbons (Fsp3) is 0.235. The molecule has 24 heavy (non-hydrogen) atoms. The number of hydrazone groups is 1. The van der Waals surface area contributed by atoms with Gasteiger partial charge in [-0.3, -0.25) is 9.59 Å². The minimum absolute atomic E-state index is 0.0645. The van der Waals surface area contributed by atoms with Crippen LogP contribution in [0.2, 0.25) is 5.02 Å². The Morgan fingerprint density at radius 2 is 2.29 bits per heavy atom. The van der Waals surface area contributed by atoms with E-state index in [0.29, 0.717) is 23.9 Å². The molecule has 2 heterocycles. The lowest BCUT2D eigenvalue weighted by molar-refractivity contribution is -0.129. The number of halogens is 1. The van der Waals surface area contributed by atoms with Crippen LogP contribution >= 0.6 is 11.6 Å². The highest BCUT2D eigenvalue weighted by Crippen LogP contribution is 2.20. The average molecular weight is 346 g/mol. The van der Waals surface area contributed by atoms with Crippen molar-refractivity contribution in [2.45, 2.75) is 13.0 Å². The third-order valence-electron chi connectivity index (χ3n) is 3.75. The first-order valence-corrected chi connectivity index (χ1v) is 7.88. The minimum Gasteiger partial charge on any atom is -0.467 e. The summed E-state index contributed by atoms with van der Waals surface area (Å²) in [5, 5.41) is 4.52. The summed E-state index contributed by atoms with van der Waals surface area (Å²) in [5.74, 6) is -0.0543. The van der Waals surface area contributed by atoms with Crippen molar-refractivity contribution in [3.05, 3.63) is 59.0 Å². The number of nitrogens with one attached hydrogen (secondary N) is 1. The predicted molar refractivity (Wildman–Crippen MR) is 89.4 cm³/mol. The fourth-order valence-electron chi connectivity index (χ4n) is 2.54. The third-order valence-corrected chi connectivity index (χ3v) is 3.98. The van der Waals surface area contributed by atoms with Crippen LogP contribution in [0.5, 0.6) is 0 Å². The smallest absolute Gasteiger partial charge is 0.245 e. The van der Waals surface area contributed by atoms with E-state index in [-0.39, 0.29) is 18.2 Å². The van der Waals surface area contributed by atoms with Gasteiger partial charge in [0.05, 0.1) is 24.9 Å². The molecular weight excluding hydrogens is 330 g/mol. The highest BCUT2D eigenvalue weighted by atomic mass is 35.5. The summed E-state index contributed by atoms with van der Waals surface area (Å²) in [6.45, 7) is 0.736. The van der Waals surface area contributed by atoms with Crippen molar-refractivity contribution in [2.75, 3.05) is 6.54 Å². The van der Waals surface area contributed by atoms with Crippen LogP contribution in [0, 0.1) is 5.92 Å². The first-order valence-electron chi connectivity index (χ1n) is 7.50. The van der Waals surface area contributed by atoms with Crippen LogP contribution in [0.15, 0.2) is 52.2 Å². The van der Waals surface area contributed by atoms with E-state index >= 15 is 0 Å². The number of benzene rings is 1. The van der Waals surface area contributed by atoms with Crippen LogP contribution in [0.25, 0.3) is 0 Å². The van der Waals surface area contributed by atoms with E-state index in [2.05, 4.69) is 10.5 Å². The Bertz CT molecular complexity index is 758. The van der Waals surface area contributed by atoms with E-state index in [0.717, 1.165) is 5.56 Å². The lowest BCUT2D eigenvalue weighted by atomic mass is 10.1. The summed E-state index contributed by atoms with van der Waals surface area (Å²) in [4.78, 5) is 25.8. The van der Waals surface area contributed by atoms with Crippen molar-refractivity contribution >= 4 is 29.6 Å². The normalized spacial score (nSPS) is 17.6. The highest BCUT2D eigenvalue weighted by Gasteiger charge is 2.34. The van der Waals surface area contributed by atoms with Crippen molar-refractivity contribution in [1.29, 1.82) is 0 Å². The van der Waals surface area contributed by atoms with Crippen LogP contribution in [-0.2, 0) is 16.1 Å². The zero-order valence-electron chi connectivity index (χ0n) is 12.8. The van der Waals surface area contributed by atoms with E-state index in [1.54, 1.807) is 41.5 Å². The molecule has 1 fully saturated rings. The Morgan fingerprint density at radius 1 is 1.42 bits per heavy atom. The summed E-state index contributed by atoms with van der Waals surface area (Å²) < 4.78 is 5.23. The molecule has 7 heteroatoms.